The molecule has 120 valence electrons. The minimum Gasteiger partial charge on any atom is -0.367 e. The highest BCUT2D eigenvalue weighted by atomic mass is 15.2. The molecule has 23 heavy (non-hydrogen) atoms. The molecule has 1 saturated carbocycles. The number of aryl methyl sites for hydroxylation is 3. The molecule has 2 aromatic carbocycles. The Labute approximate surface area is 140 Å². The summed E-state index contributed by atoms with van der Waals surface area (Å²) in [6, 6.07) is 16.7. The number of hydrogen-bond acceptors (Lipinski definition) is 1. The van der Waals surface area contributed by atoms with Crippen molar-refractivity contribution in [2.45, 2.75) is 57.9 Å². The molecule has 0 N–H and O–H groups in total. The number of rotatable bonds is 2. The second-order valence-electron chi connectivity index (χ2n) is 7.77. The monoisotopic (exact) mass is 305 g/mol. The van der Waals surface area contributed by atoms with Crippen molar-refractivity contribution < 1.29 is 0 Å². The van der Waals surface area contributed by atoms with Crippen LogP contribution in [0.1, 0.15) is 47.9 Å². The van der Waals surface area contributed by atoms with Crippen molar-refractivity contribution in [1.82, 2.24) is 0 Å². The highest BCUT2D eigenvalue weighted by Gasteiger charge is 2.47. The maximum atomic E-state index is 2.74. The van der Waals surface area contributed by atoms with E-state index in [1.807, 2.05) is 0 Å². The molecule has 0 spiro atoms. The maximum absolute atomic E-state index is 2.74. The highest BCUT2D eigenvalue weighted by molar-refractivity contribution is 5.63. The lowest BCUT2D eigenvalue weighted by Crippen LogP contribution is -2.31. The molecule has 0 amide bonds. The van der Waals surface area contributed by atoms with Gasteiger partial charge in [-0.15, -0.1) is 0 Å². The molecule has 2 aromatic rings. The summed E-state index contributed by atoms with van der Waals surface area (Å²) in [5, 5.41) is 0. The van der Waals surface area contributed by atoms with E-state index in [0.29, 0.717) is 11.5 Å². The average molecular weight is 305 g/mol. The molecule has 0 aromatic heterocycles. The van der Waals surface area contributed by atoms with Crippen molar-refractivity contribution in [3.8, 4) is 0 Å². The lowest BCUT2D eigenvalue weighted by Gasteiger charge is -2.31. The van der Waals surface area contributed by atoms with Crippen molar-refractivity contribution >= 4 is 5.69 Å². The molecule has 2 unspecified atom stereocenters. The average Bonchev–Trinajstić information content (AvgIpc) is 2.79. The Morgan fingerprint density at radius 2 is 1.70 bits per heavy atom. The number of anilines is 1. The number of nitrogens with zero attached hydrogens (tertiary/aromatic N) is 1. The van der Waals surface area contributed by atoms with Crippen molar-refractivity contribution in [3.63, 3.8) is 0 Å². The summed E-state index contributed by atoms with van der Waals surface area (Å²) in [4.78, 5) is 2.74. The van der Waals surface area contributed by atoms with Crippen LogP contribution in [0.4, 0.5) is 5.69 Å². The molecule has 1 nitrogen and oxygen atoms in total. The van der Waals surface area contributed by atoms with Gasteiger partial charge < -0.3 is 4.90 Å². The smallest absolute Gasteiger partial charge is 0.0428 e. The van der Waals surface area contributed by atoms with E-state index in [1.54, 1.807) is 5.56 Å². The van der Waals surface area contributed by atoms with Gasteiger partial charge in [-0.05, 0) is 56.7 Å². The van der Waals surface area contributed by atoms with Gasteiger partial charge in [0, 0.05) is 23.7 Å². The zero-order valence-electron chi connectivity index (χ0n) is 14.6. The van der Waals surface area contributed by atoms with Crippen LogP contribution in [0.25, 0.3) is 0 Å². The van der Waals surface area contributed by atoms with Crippen molar-refractivity contribution in [1.29, 1.82) is 0 Å². The summed E-state index contributed by atoms with van der Waals surface area (Å²) in [6.07, 6.45) is 5.37. The van der Waals surface area contributed by atoms with Gasteiger partial charge in [0.05, 0.1) is 0 Å². The molecular formula is C22H27N. The second kappa shape index (κ2) is 5.40. The molecule has 1 aliphatic heterocycles. The molecule has 2 aliphatic rings. The van der Waals surface area contributed by atoms with E-state index in [4.69, 9.17) is 0 Å². The van der Waals surface area contributed by atoms with Crippen molar-refractivity contribution in [2.24, 2.45) is 0 Å². The van der Waals surface area contributed by atoms with E-state index >= 15 is 0 Å². The topological polar surface area (TPSA) is 3.24 Å². The van der Waals surface area contributed by atoms with Gasteiger partial charge in [-0.3, -0.25) is 0 Å². The van der Waals surface area contributed by atoms with E-state index in [1.165, 1.54) is 54.6 Å². The molecule has 1 aliphatic carbocycles. The summed E-state index contributed by atoms with van der Waals surface area (Å²) < 4.78 is 0. The van der Waals surface area contributed by atoms with E-state index in [-0.39, 0.29) is 0 Å². The summed E-state index contributed by atoms with van der Waals surface area (Å²) in [7, 11) is 0. The van der Waals surface area contributed by atoms with Crippen LogP contribution in [0.15, 0.2) is 42.5 Å². The molecule has 0 radical (unpaired) electrons. The van der Waals surface area contributed by atoms with E-state index in [2.05, 4.69) is 68.1 Å². The first kappa shape index (κ1) is 14.8. The zero-order valence-corrected chi connectivity index (χ0v) is 14.6. The first-order valence-corrected chi connectivity index (χ1v) is 8.99. The fourth-order valence-corrected chi connectivity index (χ4v) is 5.23. The van der Waals surface area contributed by atoms with Crippen molar-refractivity contribution in [3.05, 3.63) is 64.7 Å². The molecule has 4 rings (SSSR count). The SMILES string of the molecule is Cc1cc(C)c(N2CC3(c4ccccc4)CCCC2C3)c(C)c1. The quantitative estimate of drug-likeness (QED) is 0.726. The van der Waals surface area contributed by atoms with E-state index in [0.717, 1.165) is 0 Å². The largest absolute Gasteiger partial charge is 0.367 e. The van der Waals surface area contributed by atoms with Gasteiger partial charge >= 0.3 is 0 Å². The van der Waals surface area contributed by atoms with Gasteiger partial charge in [-0.25, -0.2) is 0 Å². The Morgan fingerprint density at radius 1 is 1.00 bits per heavy atom. The lowest BCUT2D eigenvalue weighted by atomic mass is 9.71. The second-order valence-corrected chi connectivity index (χ2v) is 7.77. The van der Waals surface area contributed by atoms with Crippen LogP contribution in [-0.4, -0.2) is 12.6 Å². The fraction of sp³-hybridized carbons (Fsp3) is 0.455. The first-order chi connectivity index (χ1) is 11.1. The van der Waals surface area contributed by atoms with E-state index in [9.17, 15) is 0 Å². The Bertz CT molecular complexity index is 695. The Balaban J connectivity index is 1.76. The number of hydrogen-bond donors (Lipinski definition) is 0. The predicted octanol–water partition coefficient (Wildman–Crippen LogP) is 5.31. The molecule has 1 heteroatoms. The number of fused-ring (bicyclic) bond motifs is 2. The lowest BCUT2D eigenvalue weighted by molar-refractivity contribution is 0.352. The van der Waals surface area contributed by atoms with Crippen LogP contribution in [0, 0.1) is 20.8 Å². The van der Waals surface area contributed by atoms with Crippen LogP contribution in [0.5, 0.6) is 0 Å². The van der Waals surface area contributed by atoms with Crippen molar-refractivity contribution in [2.75, 3.05) is 11.4 Å². The first-order valence-electron chi connectivity index (χ1n) is 8.99. The van der Waals surface area contributed by atoms with Crippen LogP contribution in [-0.2, 0) is 5.41 Å². The van der Waals surface area contributed by atoms with Gasteiger partial charge in [0.2, 0.25) is 0 Å². The third kappa shape index (κ3) is 2.38. The molecule has 2 fully saturated rings. The summed E-state index contributed by atoms with van der Waals surface area (Å²) in [6.45, 7) is 7.96. The molecule has 1 saturated heterocycles. The molecular weight excluding hydrogens is 278 g/mol. The fourth-order valence-electron chi connectivity index (χ4n) is 5.23. The van der Waals surface area contributed by atoms with Gasteiger partial charge in [-0.1, -0.05) is 54.4 Å². The van der Waals surface area contributed by atoms with Crippen LogP contribution >= 0.6 is 0 Å². The Kier molecular flexibility index (Phi) is 3.48. The minimum atomic E-state index is 0.369. The standard InChI is InChI=1S/C22H27N/c1-16-12-17(2)21(18(3)13-16)23-15-22(11-7-10-20(23)14-22)19-8-5-4-6-9-19/h4-6,8-9,12-13,20H,7,10-11,14-15H2,1-3H3. The predicted molar refractivity (Wildman–Crippen MR) is 98.4 cm³/mol. The third-order valence-corrected chi connectivity index (χ3v) is 6.04. The van der Waals surface area contributed by atoms with Gasteiger partial charge in [0.25, 0.3) is 0 Å². The molecule has 2 bridgehead atoms. The van der Waals surface area contributed by atoms with Gasteiger partial charge in [0.15, 0.2) is 0 Å². The Morgan fingerprint density at radius 3 is 2.39 bits per heavy atom. The van der Waals surface area contributed by atoms with Gasteiger partial charge in [0.1, 0.15) is 0 Å². The third-order valence-electron chi connectivity index (χ3n) is 6.04. The summed E-state index contributed by atoms with van der Waals surface area (Å²) in [5.74, 6) is 0. The maximum Gasteiger partial charge on any atom is 0.0428 e. The van der Waals surface area contributed by atoms with Crippen LogP contribution in [0.2, 0.25) is 0 Å². The molecule has 1 heterocycles. The Hall–Kier alpha value is -1.76. The molecule has 2 atom stereocenters. The van der Waals surface area contributed by atoms with E-state index < -0.39 is 0 Å². The summed E-state index contributed by atoms with van der Waals surface area (Å²) >= 11 is 0. The van der Waals surface area contributed by atoms with Gasteiger partial charge in [-0.2, -0.15) is 0 Å². The summed E-state index contributed by atoms with van der Waals surface area (Å²) in [5.41, 5.74) is 7.68. The zero-order chi connectivity index (χ0) is 16.0. The van der Waals surface area contributed by atoms with Crippen LogP contribution in [0.3, 0.4) is 0 Å². The highest BCUT2D eigenvalue weighted by Crippen LogP contribution is 2.49. The van der Waals surface area contributed by atoms with Crippen LogP contribution < -0.4 is 4.90 Å². The minimum absolute atomic E-state index is 0.369. The number of benzene rings is 2. The normalized spacial score (nSPS) is 26.6.